The third-order valence-corrected chi connectivity index (χ3v) is 4.76. The first kappa shape index (κ1) is 20.3. The van der Waals surface area contributed by atoms with E-state index in [-0.39, 0.29) is 11.3 Å². The zero-order valence-electron chi connectivity index (χ0n) is 15.4. The second-order valence-corrected chi connectivity index (χ2v) is 8.15. The summed E-state index contributed by atoms with van der Waals surface area (Å²) < 4.78 is 11.8. The maximum Gasteiger partial charge on any atom is 0.266 e. The number of halogens is 1. The zero-order chi connectivity index (χ0) is 19.5. The van der Waals surface area contributed by atoms with Gasteiger partial charge in [0, 0.05) is 11.5 Å². The topological polar surface area (TPSA) is 68.4 Å². The van der Waals surface area contributed by atoms with Crippen molar-refractivity contribution in [2.75, 3.05) is 13.7 Å². The number of ketones is 1. The van der Waals surface area contributed by atoms with Crippen molar-refractivity contribution >= 4 is 40.9 Å². The van der Waals surface area contributed by atoms with Crippen molar-refractivity contribution in [3.63, 3.8) is 0 Å². The summed E-state index contributed by atoms with van der Waals surface area (Å²) in [4.78, 5) is 27.0. The second-order valence-electron chi connectivity index (χ2n) is 6.65. The second kappa shape index (κ2) is 8.10. The number of thiazole rings is 1. The molecule has 7 heteroatoms. The minimum absolute atomic E-state index is 0.0488. The Hall–Kier alpha value is -2.05. The molecule has 26 heavy (non-hydrogen) atoms. The first-order valence-corrected chi connectivity index (χ1v) is 9.32. The minimum atomic E-state index is -0.499. The van der Waals surface area contributed by atoms with Crippen molar-refractivity contribution in [3.8, 4) is 11.5 Å². The summed E-state index contributed by atoms with van der Waals surface area (Å²) in [7, 11) is 1.53. The maximum atomic E-state index is 12.2. The summed E-state index contributed by atoms with van der Waals surface area (Å²) in [6, 6.07) is 3.46. The van der Waals surface area contributed by atoms with Crippen LogP contribution in [0, 0.1) is 5.41 Å². The molecule has 140 valence electrons. The molecule has 0 amide bonds. The fourth-order valence-corrected chi connectivity index (χ4v) is 3.28. The van der Waals surface area contributed by atoms with E-state index in [0.29, 0.717) is 37.9 Å². The van der Waals surface area contributed by atoms with E-state index in [4.69, 9.17) is 21.1 Å². The van der Waals surface area contributed by atoms with Crippen LogP contribution in [0.2, 0.25) is 5.02 Å². The molecule has 0 atom stereocenters. The van der Waals surface area contributed by atoms with Crippen molar-refractivity contribution in [1.82, 2.24) is 4.98 Å². The van der Waals surface area contributed by atoms with Crippen molar-refractivity contribution < 1.29 is 14.3 Å². The Morgan fingerprint density at radius 1 is 1.35 bits per heavy atom. The molecule has 1 N–H and O–H groups in total. The van der Waals surface area contributed by atoms with Crippen LogP contribution in [0.5, 0.6) is 11.5 Å². The maximum absolute atomic E-state index is 12.2. The molecule has 0 bridgehead atoms. The Balaban J connectivity index is 2.52. The van der Waals surface area contributed by atoms with Gasteiger partial charge in [-0.15, -0.1) is 11.3 Å². The highest BCUT2D eigenvalue weighted by atomic mass is 35.5. The summed E-state index contributed by atoms with van der Waals surface area (Å²) >= 11 is 7.48. The van der Waals surface area contributed by atoms with Crippen molar-refractivity contribution in [1.29, 1.82) is 0 Å². The van der Waals surface area contributed by atoms with E-state index >= 15 is 0 Å². The van der Waals surface area contributed by atoms with Gasteiger partial charge in [0.2, 0.25) is 0 Å². The quantitative estimate of drug-likeness (QED) is 0.845. The Morgan fingerprint density at radius 3 is 2.62 bits per heavy atom. The van der Waals surface area contributed by atoms with Crippen LogP contribution in [-0.2, 0) is 4.79 Å². The number of methoxy groups -OCH3 is 1. The third kappa shape index (κ3) is 4.77. The molecular weight excluding hydrogens is 374 g/mol. The molecule has 0 aliphatic heterocycles. The Morgan fingerprint density at radius 2 is 2.04 bits per heavy atom. The number of Topliss-reactive ketones (excluding diaryl/α,β-unsaturated/α-hetero) is 1. The Kier molecular flexibility index (Phi) is 6.31. The molecule has 0 saturated carbocycles. The van der Waals surface area contributed by atoms with Gasteiger partial charge in [-0.25, -0.2) is 0 Å². The smallest absolute Gasteiger partial charge is 0.266 e. The van der Waals surface area contributed by atoms with E-state index in [0.717, 1.165) is 0 Å². The summed E-state index contributed by atoms with van der Waals surface area (Å²) in [5.74, 6) is 0.916. The fourth-order valence-electron chi connectivity index (χ4n) is 2.12. The number of nitrogens with one attached hydrogen (secondary N) is 1. The van der Waals surface area contributed by atoms with E-state index in [9.17, 15) is 9.59 Å². The SMILES string of the molecule is CCOc1c(Cl)cc(C=c2sc(=CC(=O)C(C)(C)C)[nH]c2=O)cc1OC. The molecule has 0 aliphatic rings. The highest BCUT2D eigenvalue weighted by Gasteiger charge is 2.18. The molecular formula is C19H22ClNO4S. The Bertz CT molecular complexity index is 982. The molecule has 0 aliphatic carbocycles. The normalized spacial score (nSPS) is 13.2. The first-order valence-electron chi connectivity index (χ1n) is 8.13. The van der Waals surface area contributed by atoms with Crippen LogP contribution in [0.15, 0.2) is 16.9 Å². The van der Waals surface area contributed by atoms with Crippen molar-refractivity contribution in [2.24, 2.45) is 5.41 Å². The van der Waals surface area contributed by atoms with Gasteiger partial charge in [0.05, 0.1) is 27.9 Å². The molecule has 0 unspecified atom stereocenters. The zero-order valence-corrected chi connectivity index (χ0v) is 17.0. The first-order chi connectivity index (χ1) is 12.2. The lowest BCUT2D eigenvalue weighted by Crippen LogP contribution is -2.22. The third-order valence-electron chi connectivity index (χ3n) is 3.52. The number of hydrogen-bond acceptors (Lipinski definition) is 5. The largest absolute Gasteiger partial charge is 0.493 e. The molecule has 0 spiro atoms. The molecule has 5 nitrogen and oxygen atoms in total. The van der Waals surface area contributed by atoms with Gasteiger partial charge in [-0.2, -0.15) is 0 Å². The summed E-state index contributed by atoms with van der Waals surface area (Å²) in [5, 5.41) is 0.403. The predicted molar refractivity (Wildman–Crippen MR) is 106 cm³/mol. The van der Waals surface area contributed by atoms with Crippen molar-refractivity contribution in [2.45, 2.75) is 27.7 Å². The number of aromatic nitrogens is 1. The van der Waals surface area contributed by atoms with Crippen LogP contribution in [0.3, 0.4) is 0 Å². The van der Waals surface area contributed by atoms with E-state index < -0.39 is 5.41 Å². The average molecular weight is 396 g/mol. The lowest BCUT2D eigenvalue weighted by atomic mass is 9.91. The van der Waals surface area contributed by atoms with Gasteiger partial charge in [0.1, 0.15) is 0 Å². The van der Waals surface area contributed by atoms with Crippen LogP contribution in [-0.4, -0.2) is 24.5 Å². The molecule has 2 aromatic rings. The number of ether oxygens (including phenoxy) is 2. The van der Waals surface area contributed by atoms with Gasteiger partial charge in [-0.3, -0.25) is 9.59 Å². The van der Waals surface area contributed by atoms with E-state index in [2.05, 4.69) is 4.98 Å². The van der Waals surface area contributed by atoms with Gasteiger partial charge in [-0.1, -0.05) is 32.4 Å². The van der Waals surface area contributed by atoms with Crippen LogP contribution in [0.25, 0.3) is 12.2 Å². The number of hydrogen-bond donors (Lipinski definition) is 1. The number of rotatable bonds is 5. The monoisotopic (exact) mass is 395 g/mol. The molecule has 0 radical (unpaired) electrons. The molecule has 1 aromatic heterocycles. The number of carbonyl (C=O) groups is 1. The highest BCUT2D eigenvalue weighted by molar-refractivity contribution is 7.07. The molecule has 0 fully saturated rings. The number of H-pyrrole nitrogens is 1. The fraction of sp³-hybridized carbons (Fsp3) is 0.368. The predicted octanol–water partition coefficient (Wildman–Crippen LogP) is 2.72. The Labute approximate surface area is 160 Å². The summed E-state index contributed by atoms with van der Waals surface area (Å²) in [6.45, 7) is 7.82. The van der Waals surface area contributed by atoms with Crippen LogP contribution < -0.4 is 24.2 Å². The average Bonchev–Trinajstić information content (AvgIpc) is 2.88. The van der Waals surface area contributed by atoms with Gasteiger partial charge >= 0.3 is 0 Å². The summed E-state index contributed by atoms with van der Waals surface area (Å²) in [6.07, 6.45) is 3.17. The van der Waals surface area contributed by atoms with Gasteiger partial charge in [0.25, 0.3) is 5.56 Å². The van der Waals surface area contributed by atoms with E-state index in [1.165, 1.54) is 24.5 Å². The van der Waals surface area contributed by atoms with Gasteiger partial charge < -0.3 is 14.5 Å². The van der Waals surface area contributed by atoms with Gasteiger partial charge in [0.15, 0.2) is 17.3 Å². The molecule has 2 rings (SSSR count). The standard InChI is InChI=1S/C19H22ClNO4S/c1-6-25-17-12(20)7-11(8-13(17)24-5)9-14-18(23)21-16(26-14)10-15(22)19(2,3)4/h7-10H,6H2,1-5H3,(H,21,23). The lowest BCUT2D eigenvalue weighted by molar-refractivity contribution is -0.119. The van der Waals surface area contributed by atoms with Crippen LogP contribution in [0.4, 0.5) is 0 Å². The number of benzene rings is 1. The molecule has 1 aromatic carbocycles. The lowest BCUT2D eigenvalue weighted by Gasteiger charge is -2.12. The van der Waals surface area contributed by atoms with E-state index in [1.54, 1.807) is 18.2 Å². The minimum Gasteiger partial charge on any atom is -0.493 e. The van der Waals surface area contributed by atoms with Gasteiger partial charge in [-0.05, 0) is 30.7 Å². The van der Waals surface area contributed by atoms with Crippen LogP contribution in [0.1, 0.15) is 33.3 Å². The number of carbonyl (C=O) groups excluding carboxylic acids is 1. The molecule has 0 saturated heterocycles. The van der Waals surface area contributed by atoms with Crippen LogP contribution >= 0.6 is 22.9 Å². The van der Waals surface area contributed by atoms with Crippen molar-refractivity contribution in [3.05, 3.63) is 42.3 Å². The van der Waals surface area contributed by atoms with E-state index in [1.807, 2.05) is 27.7 Å². The molecule has 1 heterocycles. The highest BCUT2D eigenvalue weighted by Crippen LogP contribution is 2.36. The number of aromatic amines is 1. The summed E-state index contributed by atoms with van der Waals surface area (Å²) in [5.41, 5.74) is -0.0518.